The lowest BCUT2D eigenvalue weighted by atomic mass is 9.94. The van der Waals surface area contributed by atoms with Crippen molar-refractivity contribution >= 4 is 6.09 Å². The summed E-state index contributed by atoms with van der Waals surface area (Å²) in [7, 11) is 0. The molecule has 0 aromatic carbocycles. The van der Waals surface area contributed by atoms with Gasteiger partial charge in [-0.25, -0.2) is 4.79 Å². The average Bonchev–Trinajstić information content (AvgIpc) is 2.72. The smallest absolute Gasteiger partial charge is 0.410 e. The summed E-state index contributed by atoms with van der Waals surface area (Å²) in [5.41, 5.74) is -0.466. The van der Waals surface area contributed by atoms with Crippen molar-refractivity contribution in [1.29, 1.82) is 0 Å². The van der Waals surface area contributed by atoms with Crippen LogP contribution in [-0.4, -0.2) is 54.1 Å². The fourth-order valence-electron chi connectivity index (χ4n) is 2.46. The quantitative estimate of drug-likeness (QED) is 0.742. The maximum absolute atomic E-state index is 11.9. The number of hydrogen-bond acceptors (Lipinski definition) is 4. The molecule has 1 amide bonds. The zero-order valence-corrected chi connectivity index (χ0v) is 10.7. The molecule has 2 heterocycles. The van der Waals surface area contributed by atoms with Gasteiger partial charge in [-0.15, -0.1) is 0 Å². The van der Waals surface area contributed by atoms with E-state index in [2.05, 4.69) is 0 Å². The van der Waals surface area contributed by atoms with Gasteiger partial charge in [0.05, 0.1) is 19.3 Å². The van der Waals surface area contributed by atoms with Crippen LogP contribution in [0.4, 0.5) is 4.79 Å². The van der Waals surface area contributed by atoms with Gasteiger partial charge >= 0.3 is 6.09 Å². The van der Waals surface area contributed by atoms with Gasteiger partial charge in [-0.3, -0.25) is 0 Å². The van der Waals surface area contributed by atoms with Gasteiger partial charge in [0.25, 0.3) is 0 Å². The summed E-state index contributed by atoms with van der Waals surface area (Å²) >= 11 is 0. The third kappa shape index (κ3) is 2.72. The molecule has 0 saturated carbocycles. The third-order valence-electron chi connectivity index (χ3n) is 3.33. The molecule has 17 heavy (non-hydrogen) atoms. The number of hydrogen-bond donors (Lipinski definition) is 1. The fourth-order valence-corrected chi connectivity index (χ4v) is 2.46. The number of aliphatic hydroxyl groups excluding tert-OH is 1. The molecule has 5 nitrogen and oxygen atoms in total. The van der Waals surface area contributed by atoms with Gasteiger partial charge in [0.1, 0.15) is 5.60 Å². The summed E-state index contributed by atoms with van der Waals surface area (Å²) < 4.78 is 10.9. The molecule has 0 aromatic heterocycles. The van der Waals surface area contributed by atoms with Gasteiger partial charge in [-0.1, -0.05) is 0 Å². The summed E-state index contributed by atoms with van der Waals surface area (Å²) in [6.45, 7) is 7.51. The van der Waals surface area contributed by atoms with Gasteiger partial charge in [-0.2, -0.15) is 0 Å². The van der Waals surface area contributed by atoms with Crippen molar-refractivity contribution in [2.75, 3.05) is 26.3 Å². The van der Waals surface area contributed by atoms with E-state index in [9.17, 15) is 9.90 Å². The van der Waals surface area contributed by atoms with Crippen LogP contribution in [0.15, 0.2) is 0 Å². The molecule has 0 radical (unpaired) electrons. The second-order valence-corrected chi connectivity index (χ2v) is 5.86. The maximum Gasteiger partial charge on any atom is 0.410 e. The lowest BCUT2D eigenvalue weighted by Gasteiger charge is -2.25. The Bertz CT molecular complexity index is 299. The number of nitrogens with zero attached hydrogens (tertiary/aromatic N) is 1. The van der Waals surface area contributed by atoms with E-state index in [1.807, 2.05) is 20.8 Å². The van der Waals surface area contributed by atoms with E-state index in [0.717, 1.165) is 0 Å². The number of fused-ring (bicyclic) bond motifs is 1. The average molecular weight is 243 g/mol. The second-order valence-electron chi connectivity index (χ2n) is 5.86. The van der Waals surface area contributed by atoms with E-state index >= 15 is 0 Å². The molecule has 2 aliphatic heterocycles. The SMILES string of the molecule is CC(C)(C)OC(=O)N1CC2OCC(CO)C2C1. The molecule has 2 saturated heterocycles. The van der Waals surface area contributed by atoms with Crippen LogP contribution in [0.25, 0.3) is 0 Å². The van der Waals surface area contributed by atoms with Crippen LogP contribution in [0.1, 0.15) is 20.8 Å². The first kappa shape index (κ1) is 12.6. The number of amides is 1. The first-order valence-electron chi connectivity index (χ1n) is 6.11. The molecule has 5 heteroatoms. The minimum atomic E-state index is -0.466. The predicted octanol–water partition coefficient (Wildman–Crippen LogP) is 0.861. The highest BCUT2D eigenvalue weighted by Gasteiger charge is 2.45. The Labute approximate surface area is 102 Å². The molecule has 2 aliphatic rings. The molecule has 0 aliphatic carbocycles. The largest absolute Gasteiger partial charge is 0.444 e. The van der Waals surface area contributed by atoms with Gasteiger partial charge < -0.3 is 19.5 Å². The number of carbonyl (C=O) groups is 1. The lowest BCUT2D eigenvalue weighted by molar-refractivity contribution is 0.0214. The summed E-state index contributed by atoms with van der Waals surface area (Å²) in [6.07, 6.45) is -0.216. The number of aliphatic hydroxyl groups is 1. The van der Waals surface area contributed by atoms with E-state index in [-0.39, 0.29) is 30.6 Å². The van der Waals surface area contributed by atoms with E-state index < -0.39 is 5.60 Å². The molecule has 1 N–H and O–H groups in total. The highest BCUT2D eigenvalue weighted by atomic mass is 16.6. The standard InChI is InChI=1S/C12H21NO4/c1-12(2,3)17-11(15)13-4-9-8(6-14)7-16-10(9)5-13/h8-10,14H,4-7H2,1-3H3. The van der Waals surface area contributed by atoms with Crippen LogP contribution in [0, 0.1) is 11.8 Å². The molecule has 0 spiro atoms. The highest BCUT2D eigenvalue weighted by Crippen LogP contribution is 2.33. The Morgan fingerprint density at radius 3 is 2.76 bits per heavy atom. The molecule has 0 bridgehead atoms. The zero-order chi connectivity index (χ0) is 12.6. The number of likely N-dealkylation sites (tertiary alicyclic amines) is 1. The zero-order valence-electron chi connectivity index (χ0n) is 10.7. The molecule has 2 fully saturated rings. The van der Waals surface area contributed by atoms with Crippen molar-refractivity contribution in [2.45, 2.75) is 32.5 Å². The molecule has 2 rings (SSSR count). The Hall–Kier alpha value is -0.810. The van der Waals surface area contributed by atoms with Crippen molar-refractivity contribution in [3.05, 3.63) is 0 Å². The van der Waals surface area contributed by atoms with Crippen molar-refractivity contribution in [3.8, 4) is 0 Å². The number of carbonyl (C=O) groups excluding carboxylic acids is 1. The van der Waals surface area contributed by atoms with E-state index in [4.69, 9.17) is 9.47 Å². The van der Waals surface area contributed by atoms with Gasteiger partial charge in [0, 0.05) is 25.0 Å². The molecule has 3 atom stereocenters. The molecular formula is C12H21NO4. The van der Waals surface area contributed by atoms with E-state index in [0.29, 0.717) is 19.7 Å². The summed E-state index contributed by atoms with van der Waals surface area (Å²) in [5, 5.41) is 9.21. The summed E-state index contributed by atoms with van der Waals surface area (Å²) in [5.74, 6) is 0.417. The number of ether oxygens (including phenoxy) is 2. The number of rotatable bonds is 1. The second kappa shape index (κ2) is 4.46. The minimum Gasteiger partial charge on any atom is -0.444 e. The minimum absolute atomic E-state index is 0.0691. The van der Waals surface area contributed by atoms with E-state index in [1.165, 1.54) is 0 Å². The van der Waals surface area contributed by atoms with Crippen molar-refractivity contribution in [3.63, 3.8) is 0 Å². The molecule has 3 unspecified atom stereocenters. The first-order valence-corrected chi connectivity index (χ1v) is 6.11. The fraction of sp³-hybridized carbons (Fsp3) is 0.917. The Kier molecular flexibility index (Phi) is 3.32. The lowest BCUT2D eigenvalue weighted by Crippen LogP contribution is -2.36. The monoisotopic (exact) mass is 243 g/mol. The van der Waals surface area contributed by atoms with Crippen molar-refractivity contribution in [1.82, 2.24) is 4.90 Å². The topological polar surface area (TPSA) is 59.0 Å². The Morgan fingerprint density at radius 1 is 1.47 bits per heavy atom. The van der Waals surface area contributed by atoms with Gasteiger partial charge in [-0.05, 0) is 20.8 Å². The molecular weight excluding hydrogens is 222 g/mol. The van der Waals surface area contributed by atoms with Crippen molar-refractivity contribution in [2.24, 2.45) is 11.8 Å². The maximum atomic E-state index is 11.9. The van der Waals surface area contributed by atoms with Gasteiger partial charge in [0.2, 0.25) is 0 Å². The molecule has 98 valence electrons. The van der Waals surface area contributed by atoms with Crippen LogP contribution >= 0.6 is 0 Å². The van der Waals surface area contributed by atoms with Crippen molar-refractivity contribution < 1.29 is 19.4 Å². The van der Waals surface area contributed by atoms with Crippen LogP contribution in [0.5, 0.6) is 0 Å². The first-order chi connectivity index (χ1) is 7.90. The Morgan fingerprint density at radius 2 is 2.18 bits per heavy atom. The molecule has 0 aromatic rings. The van der Waals surface area contributed by atoms with Crippen LogP contribution in [0.2, 0.25) is 0 Å². The third-order valence-corrected chi connectivity index (χ3v) is 3.33. The predicted molar refractivity (Wildman–Crippen MR) is 61.6 cm³/mol. The van der Waals surface area contributed by atoms with Gasteiger partial charge in [0.15, 0.2) is 0 Å². The highest BCUT2D eigenvalue weighted by molar-refractivity contribution is 5.68. The summed E-state index contributed by atoms with van der Waals surface area (Å²) in [6, 6.07) is 0. The Balaban J connectivity index is 1.92. The van der Waals surface area contributed by atoms with Crippen LogP contribution < -0.4 is 0 Å². The van der Waals surface area contributed by atoms with Crippen LogP contribution in [0.3, 0.4) is 0 Å². The van der Waals surface area contributed by atoms with E-state index in [1.54, 1.807) is 4.90 Å². The summed E-state index contributed by atoms with van der Waals surface area (Å²) in [4.78, 5) is 13.6. The normalized spacial score (nSPS) is 32.7. The van der Waals surface area contributed by atoms with Crippen LogP contribution in [-0.2, 0) is 9.47 Å².